The summed E-state index contributed by atoms with van der Waals surface area (Å²) in [5.74, 6) is -0.613. The molecule has 178 valence electrons. The molecule has 1 aromatic heterocycles. The van der Waals surface area contributed by atoms with Crippen LogP contribution in [0.1, 0.15) is 30.9 Å². The van der Waals surface area contributed by atoms with Crippen molar-refractivity contribution < 1.29 is 35.8 Å². The number of aromatic nitrogens is 2. The Hall–Kier alpha value is -3.02. The minimum atomic E-state index is -4.91. The number of imidazole rings is 1. The molecule has 1 aromatic carbocycles. The summed E-state index contributed by atoms with van der Waals surface area (Å²) in [6, 6.07) is 4.74. The van der Waals surface area contributed by atoms with E-state index in [0.717, 1.165) is 18.5 Å². The van der Waals surface area contributed by atoms with E-state index in [1.165, 1.54) is 31.4 Å². The van der Waals surface area contributed by atoms with Gasteiger partial charge in [0.05, 0.1) is 11.4 Å². The van der Waals surface area contributed by atoms with E-state index in [-0.39, 0.29) is 17.4 Å². The van der Waals surface area contributed by atoms with Gasteiger partial charge in [-0.05, 0) is 38.1 Å². The summed E-state index contributed by atoms with van der Waals surface area (Å²) in [6.07, 6.45) is -5.60. The fourth-order valence-corrected chi connectivity index (χ4v) is 2.98. The molecule has 5 nitrogen and oxygen atoms in total. The van der Waals surface area contributed by atoms with Crippen LogP contribution < -0.4 is 0 Å². The number of ether oxygens (including phenoxy) is 2. The topological polar surface area (TPSA) is 48.6 Å². The molecular formula is C21H18BrF6N3O2. The van der Waals surface area contributed by atoms with Crippen molar-refractivity contribution in [3.63, 3.8) is 0 Å². The number of hydrogen-bond donors (Lipinski definition) is 0. The summed E-state index contributed by atoms with van der Waals surface area (Å²) in [4.78, 5) is 7.66. The van der Waals surface area contributed by atoms with E-state index in [0.29, 0.717) is 15.7 Å². The largest absolute Gasteiger partial charge is 0.573 e. The molecule has 1 heterocycles. The van der Waals surface area contributed by atoms with Gasteiger partial charge in [0, 0.05) is 23.2 Å². The van der Waals surface area contributed by atoms with Crippen molar-refractivity contribution in [3.05, 3.63) is 76.7 Å². The third kappa shape index (κ3) is 7.52. The lowest BCUT2D eigenvalue weighted by atomic mass is 10.1. The van der Waals surface area contributed by atoms with Crippen molar-refractivity contribution in [1.29, 1.82) is 0 Å². The summed E-state index contributed by atoms with van der Waals surface area (Å²) in [6.45, 7) is 8.08. The SMILES string of the molecule is C=C(/N=C(/C)O/C=C(\C=C/C)OC(F)(F)F)c1cc(Br)ccc1-n1cc(C(F)(F)F)nc1C. The van der Waals surface area contributed by atoms with Gasteiger partial charge in [-0.3, -0.25) is 0 Å². The van der Waals surface area contributed by atoms with Crippen molar-refractivity contribution in [2.24, 2.45) is 4.99 Å². The molecule has 0 bridgehead atoms. The summed E-state index contributed by atoms with van der Waals surface area (Å²) < 4.78 is 87.3. The van der Waals surface area contributed by atoms with E-state index >= 15 is 0 Å². The van der Waals surface area contributed by atoms with Gasteiger partial charge in [0.1, 0.15) is 12.1 Å². The fourth-order valence-electron chi connectivity index (χ4n) is 2.62. The van der Waals surface area contributed by atoms with Crippen molar-refractivity contribution in [1.82, 2.24) is 9.55 Å². The predicted molar refractivity (Wildman–Crippen MR) is 114 cm³/mol. The highest BCUT2D eigenvalue weighted by Crippen LogP contribution is 2.32. The van der Waals surface area contributed by atoms with Gasteiger partial charge < -0.3 is 14.0 Å². The molecule has 0 aliphatic rings. The molecule has 2 rings (SSSR count). The number of halogens is 7. The van der Waals surface area contributed by atoms with E-state index in [4.69, 9.17) is 4.74 Å². The Labute approximate surface area is 193 Å². The second kappa shape index (κ2) is 10.3. The molecule has 12 heteroatoms. The van der Waals surface area contributed by atoms with Crippen LogP contribution in [0.2, 0.25) is 0 Å². The van der Waals surface area contributed by atoms with E-state index in [1.807, 2.05) is 0 Å². The first kappa shape index (κ1) is 26.2. The zero-order valence-corrected chi connectivity index (χ0v) is 19.1. The van der Waals surface area contributed by atoms with Crippen LogP contribution in [-0.4, -0.2) is 21.8 Å². The van der Waals surface area contributed by atoms with Crippen molar-refractivity contribution in [3.8, 4) is 5.69 Å². The van der Waals surface area contributed by atoms with Crippen LogP contribution in [0.25, 0.3) is 11.4 Å². The van der Waals surface area contributed by atoms with Crippen molar-refractivity contribution >= 4 is 27.5 Å². The molecule has 0 aliphatic heterocycles. The number of alkyl halides is 6. The van der Waals surface area contributed by atoms with E-state index < -0.39 is 24.0 Å². The molecular weight excluding hydrogens is 520 g/mol. The van der Waals surface area contributed by atoms with Crippen molar-refractivity contribution in [2.75, 3.05) is 0 Å². The maximum absolute atomic E-state index is 13.1. The Morgan fingerprint density at radius 3 is 2.42 bits per heavy atom. The van der Waals surface area contributed by atoms with Gasteiger partial charge in [-0.25, -0.2) is 9.98 Å². The maximum Gasteiger partial charge on any atom is 0.573 e. The number of aryl methyl sites for hydroxylation is 1. The number of hydrogen-bond acceptors (Lipinski definition) is 4. The molecule has 0 fully saturated rings. The molecule has 0 saturated carbocycles. The molecule has 0 saturated heterocycles. The lowest BCUT2D eigenvalue weighted by Gasteiger charge is -2.13. The van der Waals surface area contributed by atoms with Gasteiger partial charge in [-0.2, -0.15) is 13.2 Å². The van der Waals surface area contributed by atoms with E-state index in [1.54, 1.807) is 18.2 Å². The normalized spacial score (nSPS) is 13.5. The van der Waals surface area contributed by atoms with Crippen LogP contribution in [0.15, 0.2) is 64.6 Å². The first-order valence-corrected chi connectivity index (χ1v) is 9.93. The number of rotatable bonds is 6. The second-order valence-corrected chi connectivity index (χ2v) is 7.38. The van der Waals surface area contributed by atoms with Crippen molar-refractivity contribution in [2.45, 2.75) is 33.3 Å². The highest BCUT2D eigenvalue weighted by molar-refractivity contribution is 9.10. The quantitative estimate of drug-likeness (QED) is 0.127. The Balaban J connectivity index is 2.39. The Morgan fingerprint density at radius 2 is 1.88 bits per heavy atom. The molecule has 0 spiro atoms. The molecule has 0 atom stereocenters. The summed E-state index contributed by atoms with van der Waals surface area (Å²) in [7, 11) is 0. The zero-order valence-electron chi connectivity index (χ0n) is 17.6. The third-order valence-electron chi connectivity index (χ3n) is 3.90. The Bertz CT molecular complexity index is 1110. The molecule has 2 aromatic rings. The fraction of sp³-hybridized carbons (Fsp3) is 0.238. The number of benzene rings is 1. The van der Waals surface area contributed by atoms with Crippen LogP contribution in [0.5, 0.6) is 0 Å². The molecule has 0 radical (unpaired) electrons. The maximum atomic E-state index is 13.1. The molecule has 0 amide bonds. The van der Waals surface area contributed by atoms with Gasteiger partial charge in [0.2, 0.25) is 0 Å². The minimum Gasteiger partial charge on any atom is -0.447 e. The van der Waals surface area contributed by atoms with Gasteiger partial charge in [0.15, 0.2) is 17.4 Å². The number of allylic oxidation sites excluding steroid dienone is 2. The highest BCUT2D eigenvalue weighted by atomic mass is 79.9. The average Bonchev–Trinajstić information content (AvgIpc) is 3.07. The van der Waals surface area contributed by atoms with Gasteiger partial charge in [0.25, 0.3) is 0 Å². The minimum absolute atomic E-state index is 0.0823. The summed E-state index contributed by atoms with van der Waals surface area (Å²) in [5, 5.41) is 0. The van der Waals surface area contributed by atoms with Crippen LogP contribution in [0.4, 0.5) is 26.3 Å². The lowest BCUT2D eigenvalue weighted by molar-refractivity contribution is -0.303. The van der Waals surface area contributed by atoms with E-state index in [9.17, 15) is 26.3 Å². The zero-order chi connectivity index (χ0) is 25.0. The molecule has 0 N–H and O–H groups in total. The van der Waals surface area contributed by atoms with Gasteiger partial charge in [-0.15, -0.1) is 13.2 Å². The third-order valence-corrected chi connectivity index (χ3v) is 4.40. The van der Waals surface area contributed by atoms with Crippen LogP contribution in [0, 0.1) is 6.92 Å². The average molecular weight is 538 g/mol. The molecule has 0 unspecified atom stereocenters. The smallest absolute Gasteiger partial charge is 0.447 e. The molecule has 0 aliphatic carbocycles. The van der Waals surface area contributed by atoms with E-state index in [2.05, 4.69) is 37.2 Å². The van der Waals surface area contributed by atoms with Gasteiger partial charge in [-0.1, -0.05) is 28.6 Å². The van der Waals surface area contributed by atoms with Crippen LogP contribution in [0.3, 0.4) is 0 Å². The number of nitrogens with zero attached hydrogens (tertiary/aromatic N) is 3. The van der Waals surface area contributed by atoms with Crippen LogP contribution in [-0.2, 0) is 15.7 Å². The first-order valence-electron chi connectivity index (χ1n) is 9.14. The standard InChI is InChI=1S/C21H18BrF6N3O2/c1-5-6-16(33-21(26,27)28)11-32-14(4)29-12(2)17-9-15(22)7-8-18(17)31-10-19(20(23,24)25)30-13(31)3/h5-11H,2H2,1,3-4H3/b6-5-,16-11+,29-14-. The Kier molecular flexibility index (Phi) is 8.17. The Morgan fingerprint density at radius 1 is 1.21 bits per heavy atom. The van der Waals surface area contributed by atoms with Gasteiger partial charge >= 0.3 is 12.5 Å². The monoisotopic (exact) mass is 537 g/mol. The molecule has 33 heavy (non-hydrogen) atoms. The first-order chi connectivity index (χ1) is 15.2. The number of aliphatic imine (C=N–C) groups is 1. The lowest BCUT2D eigenvalue weighted by Crippen LogP contribution is -2.12. The predicted octanol–water partition coefficient (Wildman–Crippen LogP) is 7.32. The highest BCUT2D eigenvalue weighted by Gasteiger charge is 2.34. The summed E-state index contributed by atoms with van der Waals surface area (Å²) in [5.41, 5.74) is -0.325. The van der Waals surface area contributed by atoms with Crippen LogP contribution >= 0.6 is 15.9 Å². The second-order valence-electron chi connectivity index (χ2n) is 6.47. The summed E-state index contributed by atoms with van der Waals surface area (Å²) >= 11 is 3.29.